The molecule has 0 radical (unpaired) electrons. The Morgan fingerprint density at radius 2 is 1.81 bits per heavy atom. The van der Waals surface area contributed by atoms with Crippen LogP contribution in [-0.4, -0.2) is 47.9 Å². The molecule has 6 nitrogen and oxygen atoms in total. The lowest BCUT2D eigenvalue weighted by Crippen LogP contribution is -2.46. The number of amides is 2. The van der Waals surface area contributed by atoms with E-state index >= 15 is 0 Å². The number of hydrogen-bond donors (Lipinski definition) is 2. The van der Waals surface area contributed by atoms with Crippen molar-refractivity contribution >= 4 is 22.7 Å². The number of nitrogens with zero attached hydrogens (tertiary/aromatic N) is 1. The Morgan fingerprint density at radius 3 is 2.62 bits per heavy atom. The van der Waals surface area contributed by atoms with Crippen LogP contribution in [0.5, 0.6) is 5.75 Å². The summed E-state index contributed by atoms with van der Waals surface area (Å²) >= 11 is 0. The van der Waals surface area contributed by atoms with Crippen LogP contribution in [0.3, 0.4) is 0 Å². The number of aryl methyl sites for hydroxylation is 1. The Kier molecular flexibility index (Phi) is 7.10. The van der Waals surface area contributed by atoms with Gasteiger partial charge in [-0.3, -0.25) is 9.59 Å². The zero-order valence-corrected chi connectivity index (χ0v) is 18.6. The van der Waals surface area contributed by atoms with E-state index in [1.807, 2.05) is 47.5 Å². The summed E-state index contributed by atoms with van der Waals surface area (Å²) in [5.74, 6) is 0.956. The number of carbonyl (C=O) groups is 2. The maximum Gasteiger partial charge on any atom is 0.227 e. The summed E-state index contributed by atoms with van der Waals surface area (Å²) in [6, 6.07) is 16.0. The zero-order valence-electron chi connectivity index (χ0n) is 18.6. The quantitative estimate of drug-likeness (QED) is 0.567. The Hall–Kier alpha value is -3.28. The Bertz CT molecular complexity index is 1070. The second-order valence-corrected chi connectivity index (χ2v) is 8.42. The molecule has 0 bridgehead atoms. The molecule has 6 heteroatoms. The SMILES string of the molecule is COc1ccccc1CC(=O)N1CCC(NC(=O)CCCc2c[nH]c3ccccc23)CC1. The third-order valence-electron chi connectivity index (χ3n) is 6.27. The second-order valence-electron chi connectivity index (χ2n) is 8.42. The van der Waals surface area contributed by atoms with Gasteiger partial charge in [0.25, 0.3) is 0 Å². The van der Waals surface area contributed by atoms with Crippen LogP contribution in [-0.2, 0) is 22.4 Å². The molecule has 0 spiro atoms. The number of benzene rings is 2. The minimum absolute atomic E-state index is 0.101. The average Bonchev–Trinajstić information content (AvgIpc) is 3.23. The summed E-state index contributed by atoms with van der Waals surface area (Å²) in [6.07, 6.45) is 6.20. The van der Waals surface area contributed by atoms with Gasteiger partial charge in [-0.2, -0.15) is 0 Å². The summed E-state index contributed by atoms with van der Waals surface area (Å²) in [7, 11) is 1.62. The second kappa shape index (κ2) is 10.4. The van der Waals surface area contributed by atoms with Crippen LogP contribution < -0.4 is 10.1 Å². The fraction of sp³-hybridized carbons (Fsp3) is 0.385. The van der Waals surface area contributed by atoms with Crippen LogP contribution in [0.1, 0.15) is 36.8 Å². The molecule has 4 rings (SSSR count). The molecule has 2 aromatic carbocycles. The maximum absolute atomic E-state index is 12.7. The van der Waals surface area contributed by atoms with Gasteiger partial charge in [0.05, 0.1) is 13.5 Å². The molecule has 1 aliphatic rings. The Labute approximate surface area is 188 Å². The molecule has 0 unspecified atom stereocenters. The van der Waals surface area contributed by atoms with Crippen molar-refractivity contribution < 1.29 is 14.3 Å². The number of H-pyrrole nitrogens is 1. The molecule has 2 heterocycles. The molecular weight excluding hydrogens is 402 g/mol. The Morgan fingerprint density at radius 1 is 1.06 bits per heavy atom. The topological polar surface area (TPSA) is 74.4 Å². The lowest BCUT2D eigenvalue weighted by Gasteiger charge is -2.32. The normalized spacial score (nSPS) is 14.5. The van der Waals surface area contributed by atoms with Gasteiger partial charge in [0, 0.05) is 48.2 Å². The van der Waals surface area contributed by atoms with Crippen molar-refractivity contribution in [2.24, 2.45) is 0 Å². The van der Waals surface area contributed by atoms with Crippen molar-refractivity contribution in [2.45, 2.75) is 44.6 Å². The van der Waals surface area contributed by atoms with Crippen LogP contribution in [0.15, 0.2) is 54.7 Å². The molecular formula is C26H31N3O3. The number of fused-ring (bicyclic) bond motifs is 1. The van der Waals surface area contributed by atoms with Crippen molar-refractivity contribution in [3.05, 3.63) is 65.9 Å². The molecule has 0 aliphatic carbocycles. The van der Waals surface area contributed by atoms with Gasteiger partial charge < -0.3 is 19.9 Å². The number of carbonyl (C=O) groups excluding carboxylic acids is 2. The zero-order chi connectivity index (χ0) is 22.3. The van der Waals surface area contributed by atoms with Gasteiger partial charge in [0.1, 0.15) is 5.75 Å². The smallest absolute Gasteiger partial charge is 0.227 e. The van der Waals surface area contributed by atoms with Crippen LogP contribution in [0.2, 0.25) is 0 Å². The third kappa shape index (κ3) is 5.31. The monoisotopic (exact) mass is 433 g/mol. The van der Waals surface area contributed by atoms with E-state index in [1.54, 1.807) is 7.11 Å². The fourth-order valence-electron chi connectivity index (χ4n) is 4.47. The van der Waals surface area contributed by atoms with E-state index in [0.29, 0.717) is 25.9 Å². The van der Waals surface area contributed by atoms with Gasteiger partial charge in [-0.1, -0.05) is 36.4 Å². The first-order valence-electron chi connectivity index (χ1n) is 11.4. The molecule has 1 aliphatic heterocycles. The number of nitrogens with one attached hydrogen (secondary N) is 2. The van der Waals surface area contributed by atoms with Crippen molar-refractivity contribution in [1.29, 1.82) is 0 Å². The molecule has 0 atom stereocenters. The van der Waals surface area contributed by atoms with E-state index < -0.39 is 0 Å². The number of aromatic nitrogens is 1. The van der Waals surface area contributed by atoms with E-state index in [-0.39, 0.29) is 17.9 Å². The van der Waals surface area contributed by atoms with Crippen LogP contribution in [0.25, 0.3) is 10.9 Å². The average molecular weight is 434 g/mol. The fourth-order valence-corrected chi connectivity index (χ4v) is 4.47. The van der Waals surface area contributed by atoms with Gasteiger partial charge in [-0.05, 0) is 43.4 Å². The van der Waals surface area contributed by atoms with Crippen LogP contribution >= 0.6 is 0 Å². The van der Waals surface area contributed by atoms with Gasteiger partial charge in [0.2, 0.25) is 11.8 Å². The first-order valence-corrected chi connectivity index (χ1v) is 11.4. The molecule has 1 saturated heterocycles. The Balaban J connectivity index is 1.18. The highest BCUT2D eigenvalue weighted by molar-refractivity contribution is 5.83. The van der Waals surface area contributed by atoms with Gasteiger partial charge in [0.15, 0.2) is 0 Å². The highest BCUT2D eigenvalue weighted by atomic mass is 16.5. The van der Waals surface area contributed by atoms with Gasteiger partial charge in [-0.15, -0.1) is 0 Å². The van der Waals surface area contributed by atoms with Crippen molar-refractivity contribution in [3.63, 3.8) is 0 Å². The maximum atomic E-state index is 12.7. The number of ether oxygens (including phenoxy) is 1. The summed E-state index contributed by atoms with van der Waals surface area (Å²) in [5, 5.41) is 4.39. The van der Waals surface area contributed by atoms with E-state index in [0.717, 1.165) is 42.5 Å². The number of aromatic amines is 1. The number of para-hydroxylation sites is 2. The van der Waals surface area contributed by atoms with E-state index in [1.165, 1.54) is 10.9 Å². The van der Waals surface area contributed by atoms with Crippen molar-refractivity contribution in [3.8, 4) is 5.75 Å². The molecule has 3 aromatic rings. The lowest BCUT2D eigenvalue weighted by atomic mass is 10.0. The van der Waals surface area contributed by atoms with Crippen LogP contribution in [0, 0.1) is 0 Å². The largest absolute Gasteiger partial charge is 0.496 e. The first-order chi connectivity index (χ1) is 15.6. The van der Waals surface area contributed by atoms with E-state index in [2.05, 4.69) is 22.4 Å². The first kappa shape index (κ1) is 21.9. The molecule has 2 amide bonds. The summed E-state index contributed by atoms with van der Waals surface area (Å²) in [4.78, 5) is 30.3. The number of piperidine rings is 1. The number of rotatable bonds is 8. The van der Waals surface area contributed by atoms with Gasteiger partial charge >= 0.3 is 0 Å². The van der Waals surface area contributed by atoms with Crippen molar-refractivity contribution in [2.75, 3.05) is 20.2 Å². The summed E-state index contributed by atoms with van der Waals surface area (Å²) < 4.78 is 5.35. The van der Waals surface area contributed by atoms with Crippen LogP contribution in [0.4, 0.5) is 0 Å². The molecule has 1 aromatic heterocycles. The molecule has 1 fully saturated rings. The summed E-state index contributed by atoms with van der Waals surface area (Å²) in [6.45, 7) is 1.35. The third-order valence-corrected chi connectivity index (χ3v) is 6.27. The van der Waals surface area contributed by atoms with Gasteiger partial charge in [-0.25, -0.2) is 0 Å². The summed E-state index contributed by atoms with van der Waals surface area (Å²) in [5.41, 5.74) is 3.31. The number of methoxy groups -OCH3 is 1. The predicted molar refractivity (Wildman–Crippen MR) is 126 cm³/mol. The molecule has 168 valence electrons. The molecule has 0 saturated carbocycles. The van der Waals surface area contributed by atoms with E-state index in [9.17, 15) is 9.59 Å². The molecule has 2 N–H and O–H groups in total. The predicted octanol–water partition coefficient (Wildman–Crippen LogP) is 3.85. The number of likely N-dealkylation sites (tertiary alicyclic amines) is 1. The minimum Gasteiger partial charge on any atom is -0.496 e. The lowest BCUT2D eigenvalue weighted by molar-refractivity contribution is -0.131. The minimum atomic E-state index is 0.101. The van der Waals surface area contributed by atoms with Crippen molar-refractivity contribution in [1.82, 2.24) is 15.2 Å². The number of hydrogen-bond acceptors (Lipinski definition) is 3. The molecule has 32 heavy (non-hydrogen) atoms. The standard InChI is InChI=1S/C26H31N3O3/c1-32-24-11-5-2-7-19(24)17-26(31)29-15-13-21(14-16-29)28-25(30)12-6-8-20-18-27-23-10-4-3-9-22(20)23/h2-5,7,9-11,18,21,27H,6,8,12-17H2,1H3,(H,28,30). The van der Waals surface area contributed by atoms with E-state index in [4.69, 9.17) is 4.74 Å². The highest BCUT2D eigenvalue weighted by Crippen LogP contribution is 2.21. The highest BCUT2D eigenvalue weighted by Gasteiger charge is 2.24.